The van der Waals surface area contributed by atoms with Gasteiger partial charge >= 0.3 is 5.97 Å². The Kier molecular flexibility index (Phi) is 47.6. The molecule has 0 radical (unpaired) electrons. The van der Waals surface area contributed by atoms with Crippen molar-refractivity contribution in [2.24, 2.45) is 0 Å². The van der Waals surface area contributed by atoms with Crippen LogP contribution in [0.25, 0.3) is 0 Å². The molecule has 3 N–H and O–H groups in total. The zero-order valence-electron chi connectivity index (χ0n) is 39.5. The minimum absolute atomic E-state index is 0.0231. The minimum Gasteiger partial charge on any atom is -0.466 e. The van der Waals surface area contributed by atoms with Gasteiger partial charge in [0, 0.05) is 12.8 Å². The predicted molar refractivity (Wildman–Crippen MR) is 255 cm³/mol. The first-order chi connectivity index (χ1) is 29.0. The highest BCUT2D eigenvalue weighted by Gasteiger charge is 2.20. The highest BCUT2D eigenvalue weighted by atomic mass is 16.5. The van der Waals surface area contributed by atoms with E-state index in [1.165, 1.54) is 173 Å². The molecule has 348 valence electrons. The highest BCUT2D eigenvalue weighted by Crippen LogP contribution is 2.16. The van der Waals surface area contributed by atoms with Crippen LogP contribution in [0.5, 0.6) is 0 Å². The molecule has 6 nitrogen and oxygen atoms in total. The molecule has 0 aliphatic heterocycles. The Hall–Kier alpha value is -1.66. The molecule has 0 aliphatic rings. The van der Waals surface area contributed by atoms with Crippen LogP contribution in [0, 0.1) is 0 Å². The van der Waals surface area contributed by atoms with Crippen molar-refractivity contribution in [3.8, 4) is 0 Å². The minimum atomic E-state index is -0.675. The first-order valence-corrected chi connectivity index (χ1v) is 26.1. The number of allylic oxidation sites excluding steroid dienone is 4. The summed E-state index contributed by atoms with van der Waals surface area (Å²) in [5, 5.41) is 23.2. The standard InChI is InChI=1S/C53H101NO5/c1-3-5-7-9-11-13-15-17-19-21-25-29-33-37-41-45-51(56)50(49-55)54-52(57)46-42-38-34-30-26-23-24-28-32-36-40-44-48-59-53(58)47-43-39-35-31-27-22-20-18-16-14-12-10-8-6-4-2/h12,14,18,20,50-51,55-56H,3-11,13,15-17,19,21-49H2,1-2H3,(H,54,57)/b14-12-,20-18-. The van der Waals surface area contributed by atoms with E-state index in [0.717, 1.165) is 70.6 Å². The summed E-state index contributed by atoms with van der Waals surface area (Å²) in [5.41, 5.74) is 0. The normalized spacial score (nSPS) is 12.8. The number of amides is 1. The third-order valence-corrected chi connectivity index (χ3v) is 12.0. The second kappa shape index (κ2) is 49.0. The summed E-state index contributed by atoms with van der Waals surface area (Å²) in [5.74, 6) is -0.0739. The van der Waals surface area contributed by atoms with Crippen LogP contribution in [0.1, 0.15) is 277 Å². The van der Waals surface area contributed by atoms with Gasteiger partial charge in [-0.3, -0.25) is 9.59 Å². The smallest absolute Gasteiger partial charge is 0.305 e. The van der Waals surface area contributed by atoms with Crippen LogP contribution in [0.3, 0.4) is 0 Å². The number of aliphatic hydroxyl groups is 2. The number of esters is 1. The summed E-state index contributed by atoms with van der Waals surface area (Å²) in [6.45, 7) is 4.89. The fraction of sp³-hybridized carbons (Fsp3) is 0.887. The second-order valence-corrected chi connectivity index (χ2v) is 17.9. The number of unbranched alkanes of at least 4 members (excludes halogenated alkanes) is 33. The van der Waals surface area contributed by atoms with Gasteiger partial charge in [-0.1, -0.05) is 231 Å². The van der Waals surface area contributed by atoms with Crippen molar-refractivity contribution in [3.05, 3.63) is 24.3 Å². The molecule has 0 rings (SSSR count). The van der Waals surface area contributed by atoms with E-state index < -0.39 is 12.1 Å². The van der Waals surface area contributed by atoms with Gasteiger partial charge in [0.15, 0.2) is 0 Å². The molecule has 0 aromatic carbocycles. The van der Waals surface area contributed by atoms with Crippen LogP contribution in [0.4, 0.5) is 0 Å². The lowest BCUT2D eigenvalue weighted by Crippen LogP contribution is -2.45. The molecule has 6 heteroatoms. The van der Waals surface area contributed by atoms with Gasteiger partial charge in [0.2, 0.25) is 5.91 Å². The molecule has 1 amide bonds. The Morgan fingerprint density at radius 1 is 0.475 bits per heavy atom. The number of ether oxygens (including phenoxy) is 1. The maximum atomic E-state index is 12.4. The number of aliphatic hydroxyl groups excluding tert-OH is 2. The fourth-order valence-electron chi connectivity index (χ4n) is 7.96. The van der Waals surface area contributed by atoms with E-state index in [4.69, 9.17) is 4.74 Å². The van der Waals surface area contributed by atoms with Crippen molar-refractivity contribution in [2.45, 2.75) is 289 Å². The van der Waals surface area contributed by atoms with Gasteiger partial charge < -0.3 is 20.3 Å². The number of nitrogens with one attached hydrogen (secondary N) is 1. The number of carbonyl (C=O) groups is 2. The van der Waals surface area contributed by atoms with Crippen molar-refractivity contribution in [3.63, 3.8) is 0 Å². The largest absolute Gasteiger partial charge is 0.466 e. The summed E-state index contributed by atoms with van der Waals surface area (Å²) in [7, 11) is 0. The summed E-state index contributed by atoms with van der Waals surface area (Å²) < 4.78 is 5.45. The summed E-state index contributed by atoms with van der Waals surface area (Å²) in [6, 6.07) is -0.553. The molecule has 0 bridgehead atoms. The Bertz CT molecular complexity index is 920. The van der Waals surface area contributed by atoms with Crippen molar-refractivity contribution in [1.29, 1.82) is 0 Å². The first kappa shape index (κ1) is 57.3. The second-order valence-electron chi connectivity index (χ2n) is 17.9. The fourth-order valence-corrected chi connectivity index (χ4v) is 7.96. The topological polar surface area (TPSA) is 95.9 Å². The van der Waals surface area contributed by atoms with Crippen LogP contribution >= 0.6 is 0 Å². The van der Waals surface area contributed by atoms with E-state index in [9.17, 15) is 19.8 Å². The summed E-state index contributed by atoms with van der Waals surface area (Å²) in [4.78, 5) is 24.5. The molecule has 0 fully saturated rings. The quantitative estimate of drug-likeness (QED) is 0.0322. The molecule has 0 saturated carbocycles. The Morgan fingerprint density at radius 2 is 0.847 bits per heavy atom. The Labute approximate surface area is 367 Å². The SMILES string of the molecule is CCCCC/C=C\C/C=C\CCCCCCCC(=O)OCCCCCCCCCCCCCCC(=O)NC(CO)C(O)CCCCCCCCCCCCCCCCC. The molecule has 0 heterocycles. The van der Waals surface area contributed by atoms with E-state index in [0.29, 0.717) is 25.9 Å². The molecule has 2 atom stereocenters. The van der Waals surface area contributed by atoms with Crippen LogP contribution in [0.2, 0.25) is 0 Å². The van der Waals surface area contributed by atoms with E-state index in [1.54, 1.807) is 0 Å². The Balaban J connectivity index is 3.47. The average molecular weight is 832 g/mol. The van der Waals surface area contributed by atoms with Gasteiger partial charge in [-0.2, -0.15) is 0 Å². The molecular weight excluding hydrogens is 731 g/mol. The van der Waals surface area contributed by atoms with Crippen molar-refractivity contribution in [1.82, 2.24) is 5.32 Å². The summed E-state index contributed by atoms with van der Waals surface area (Å²) >= 11 is 0. The van der Waals surface area contributed by atoms with Gasteiger partial charge in [0.05, 0.1) is 25.4 Å². The number of hydrogen-bond acceptors (Lipinski definition) is 5. The van der Waals surface area contributed by atoms with Crippen LogP contribution < -0.4 is 5.32 Å². The van der Waals surface area contributed by atoms with E-state index in [2.05, 4.69) is 43.5 Å². The molecule has 0 aromatic rings. The van der Waals surface area contributed by atoms with Crippen LogP contribution in [0.15, 0.2) is 24.3 Å². The number of rotatable bonds is 48. The summed E-state index contributed by atoms with van der Waals surface area (Å²) in [6.07, 6.45) is 57.1. The average Bonchev–Trinajstić information content (AvgIpc) is 3.24. The zero-order chi connectivity index (χ0) is 43.0. The number of hydrogen-bond donors (Lipinski definition) is 3. The third kappa shape index (κ3) is 45.7. The molecular formula is C53H101NO5. The maximum Gasteiger partial charge on any atom is 0.305 e. The predicted octanol–water partition coefficient (Wildman–Crippen LogP) is 15.5. The third-order valence-electron chi connectivity index (χ3n) is 12.0. The van der Waals surface area contributed by atoms with Gasteiger partial charge in [-0.25, -0.2) is 0 Å². The lowest BCUT2D eigenvalue weighted by atomic mass is 10.0. The highest BCUT2D eigenvalue weighted by molar-refractivity contribution is 5.76. The zero-order valence-corrected chi connectivity index (χ0v) is 39.5. The van der Waals surface area contributed by atoms with Crippen molar-refractivity contribution >= 4 is 11.9 Å². The van der Waals surface area contributed by atoms with Crippen molar-refractivity contribution in [2.75, 3.05) is 13.2 Å². The van der Waals surface area contributed by atoms with Crippen LogP contribution in [-0.4, -0.2) is 47.4 Å². The van der Waals surface area contributed by atoms with Gasteiger partial charge in [-0.05, 0) is 57.8 Å². The van der Waals surface area contributed by atoms with Crippen molar-refractivity contribution < 1.29 is 24.5 Å². The Morgan fingerprint density at radius 3 is 1.32 bits per heavy atom. The molecule has 59 heavy (non-hydrogen) atoms. The van der Waals surface area contributed by atoms with E-state index in [1.807, 2.05) is 0 Å². The van der Waals surface area contributed by atoms with E-state index in [-0.39, 0.29) is 18.5 Å². The van der Waals surface area contributed by atoms with Gasteiger partial charge in [0.25, 0.3) is 0 Å². The number of carbonyl (C=O) groups excluding carboxylic acids is 2. The first-order valence-electron chi connectivity index (χ1n) is 26.1. The lowest BCUT2D eigenvalue weighted by Gasteiger charge is -2.22. The molecule has 0 saturated heterocycles. The van der Waals surface area contributed by atoms with E-state index >= 15 is 0 Å². The lowest BCUT2D eigenvalue weighted by molar-refractivity contribution is -0.143. The monoisotopic (exact) mass is 832 g/mol. The van der Waals surface area contributed by atoms with Gasteiger partial charge in [-0.15, -0.1) is 0 Å². The molecule has 0 aliphatic carbocycles. The molecule has 2 unspecified atom stereocenters. The molecule has 0 spiro atoms. The molecule has 0 aromatic heterocycles. The van der Waals surface area contributed by atoms with Crippen LogP contribution in [-0.2, 0) is 14.3 Å². The maximum absolute atomic E-state index is 12.4. The van der Waals surface area contributed by atoms with Gasteiger partial charge in [0.1, 0.15) is 0 Å².